The van der Waals surface area contributed by atoms with E-state index in [1.54, 1.807) is 6.20 Å². The zero-order chi connectivity index (χ0) is 14.3. The molecule has 0 saturated heterocycles. The van der Waals surface area contributed by atoms with Gasteiger partial charge in [0.2, 0.25) is 0 Å². The van der Waals surface area contributed by atoms with E-state index < -0.39 is 5.97 Å². The Morgan fingerprint density at radius 3 is 2.47 bits per heavy atom. The van der Waals surface area contributed by atoms with Crippen molar-refractivity contribution in [3.05, 3.63) is 18.1 Å². The Balaban J connectivity index is 2.00. The number of rotatable bonds is 4. The van der Waals surface area contributed by atoms with Gasteiger partial charge in [0.1, 0.15) is 5.82 Å². The molecule has 0 amide bonds. The minimum atomic E-state index is -0.469. The van der Waals surface area contributed by atoms with Gasteiger partial charge >= 0.3 is 5.97 Å². The summed E-state index contributed by atoms with van der Waals surface area (Å²) in [5, 5.41) is 3.26. The molecule has 0 atom stereocenters. The molecule has 1 aliphatic rings. The highest BCUT2D eigenvalue weighted by Crippen LogP contribution is 2.68. The fourth-order valence-electron chi connectivity index (χ4n) is 2.70. The van der Waals surface area contributed by atoms with Gasteiger partial charge in [-0.25, -0.2) is 9.78 Å². The molecular weight excluding hydrogens is 242 g/mol. The summed E-state index contributed by atoms with van der Waals surface area (Å²) >= 11 is 0. The van der Waals surface area contributed by atoms with Crippen LogP contribution in [0.2, 0.25) is 0 Å². The lowest BCUT2D eigenvalue weighted by Crippen LogP contribution is -2.12. The van der Waals surface area contributed by atoms with Crippen molar-refractivity contribution >= 4 is 11.8 Å². The van der Waals surface area contributed by atoms with E-state index in [9.17, 15) is 4.79 Å². The number of ether oxygens (including phenoxy) is 1. The molecule has 1 aliphatic carbocycles. The number of hydrogen-bond acceptors (Lipinski definition) is 5. The van der Waals surface area contributed by atoms with E-state index >= 15 is 0 Å². The molecule has 19 heavy (non-hydrogen) atoms. The van der Waals surface area contributed by atoms with E-state index in [-0.39, 0.29) is 5.69 Å². The van der Waals surface area contributed by atoms with E-state index in [2.05, 4.69) is 47.7 Å². The van der Waals surface area contributed by atoms with Gasteiger partial charge < -0.3 is 10.1 Å². The Kier molecular flexibility index (Phi) is 3.24. The second-order valence-electron chi connectivity index (χ2n) is 6.16. The second kappa shape index (κ2) is 4.47. The van der Waals surface area contributed by atoms with Crippen LogP contribution in [0.25, 0.3) is 0 Å². The zero-order valence-electron chi connectivity index (χ0n) is 12.2. The van der Waals surface area contributed by atoms with Crippen LogP contribution in [0.4, 0.5) is 5.82 Å². The number of carbonyl (C=O) groups excluding carboxylic acids is 1. The monoisotopic (exact) mass is 263 g/mol. The third-order valence-electron chi connectivity index (χ3n) is 4.84. The second-order valence-corrected chi connectivity index (χ2v) is 6.16. The lowest BCUT2D eigenvalue weighted by atomic mass is 10.0. The third-order valence-corrected chi connectivity index (χ3v) is 4.84. The summed E-state index contributed by atoms with van der Waals surface area (Å²) in [6.07, 6.45) is 3.02. The molecule has 1 fully saturated rings. The minimum Gasteiger partial charge on any atom is -0.464 e. The summed E-state index contributed by atoms with van der Waals surface area (Å²) in [5.74, 6) is 0.730. The molecule has 104 valence electrons. The molecule has 1 N–H and O–H groups in total. The molecule has 0 unspecified atom stereocenters. The van der Waals surface area contributed by atoms with Crippen molar-refractivity contribution in [3.8, 4) is 0 Å². The summed E-state index contributed by atoms with van der Waals surface area (Å²) in [7, 11) is 1.33. The largest absolute Gasteiger partial charge is 0.464 e. The van der Waals surface area contributed by atoms with Crippen molar-refractivity contribution in [1.29, 1.82) is 0 Å². The number of methoxy groups -OCH3 is 1. The molecule has 0 spiro atoms. The quantitative estimate of drug-likeness (QED) is 0.845. The fourth-order valence-corrected chi connectivity index (χ4v) is 2.70. The van der Waals surface area contributed by atoms with Crippen LogP contribution in [0.1, 0.15) is 38.2 Å². The number of hydrogen-bond donors (Lipinski definition) is 1. The Bertz CT molecular complexity index is 483. The number of aromatic nitrogens is 2. The number of nitrogens with one attached hydrogen (secondary N) is 1. The average molecular weight is 263 g/mol. The zero-order valence-corrected chi connectivity index (χ0v) is 12.2. The topological polar surface area (TPSA) is 64.1 Å². The highest BCUT2D eigenvalue weighted by molar-refractivity contribution is 5.87. The molecule has 0 bridgehead atoms. The summed E-state index contributed by atoms with van der Waals surface area (Å²) in [6, 6.07) is 0. The maximum Gasteiger partial charge on any atom is 0.358 e. The Morgan fingerprint density at radius 1 is 1.32 bits per heavy atom. The highest BCUT2D eigenvalue weighted by atomic mass is 16.5. The molecular formula is C14H21N3O2. The fraction of sp³-hybridized carbons (Fsp3) is 0.643. The first-order chi connectivity index (χ1) is 8.80. The van der Waals surface area contributed by atoms with Gasteiger partial charge in [-0.3, -0.25) is 4.98 Å². The molecule has 0 aromatic carbocycles. The van der Waals surface area contributed by atoms with E-state index in [4.69, 9.17) is 0 Å². The summed E-state index contributed by atoms with van der Waals surface area (Å²) in [5.41, 5.74) is 0.877. The molecule has 2 rings (SSSR count). The molecule has 0 aliphatic heterocycles. The molecule has 1 heterocycles. The molecule has 5 heteroatoms. The third kappa shape index (κ3) is 2.29. The number of nitrogens with zero attached hydrogens (tertiary/aromatic N) is 2. The van der Waals surface area contributed by atoms with Crippen LogP contribution in [0, 0.1) is 16.7 Å². The summed E-state index contributed by atoms with van der Waals surface area (Å²) in [6.45, 7) is 9.93. The van der Waals surface area contributed by atoms with Crippen molar-refractivity contribution < 1.29 is 9.53 Å². The Morgan fingerprint density at radius 2 is 1.95 bits per heavy atom. The number of anilines is 1. The standard InChI is InChI=1S/C14H21N3O2/c1-13(2)10(14(13,3)4)7-16-11-8-15-6-9(17-11)12(18)19-5/h6,8,10H,7H2,1-5H3,(H,16,17). The molecule has 0 radical (unpaired) electrons. The average Bonchev–Trinajstić information content (AvgIpc) is 2.76. The minimum absolute atomic E-state index is 0.224. The van der Waals surface area contributed by atoms with Crippen LogP contribution in [-0.2, 0) is 4.74 Å². The summed E-state index contributed by atoms with van der Waals surface area (Å²) in [4.78, 5) is 19.6. The van der Waals surface area contributed by atoms with Gasteiger partial charge in [0.25, 0.3) is 0 Å². The molecule has 1 saturated carbocycles. The first-order valence-corrected chi connectivity index (χ1v) is 6.45. The normalized spacial score (nSPS) is 19.8. The van der Waals surface area contributed by atoms with Gasteiger partial charge in [-0.2, -0.15) is 0 Å². The lowest BCUT2D eigenvalue weighted by molar-refractivity contribution is 0.0593. The van der Waals surface area contributed by atoms with Gasteiger partial charge in [-0.05, 0) is 16.7 Å². The van der Waals surface area contributed by atoms with E-state index in [0.29, 0.717) is 22.6 Å². The van der Waals surface area contributed by atoms with Crippen LogP contribution in [0.15, 0.2) is 12.4 Å². The van der Waals surface area contributed by atoms with Crippen molar-refractivity contribution in [2.24, 2.45) is 16.7 Å². The first-order valence-electron chi connectivity index (χ1n) is 6.45. The van der Waals surface area contributed by atoms with Gasteiger partial charge in [-0.1, -0.05) is 27.7 Å². The Labute approximate surface area is 113 Å². The van der Waals surface area contributed by atoms with Crippen LogP contribution in [0.5, 0.6) is 0 Å². The van der Waals surface area contributed by atoms with Gasteiger partial charge in [0.05, 0.1) is 19.5 Å². The molecule has 1 aromatic rings. The van der Waals surface area contributed by atoms with E-state index in [1.165, 1.54) is 13.3 Å². The van der Waals surface area contributed by atoms with Crippen LogP contribution >= 0.6 is 0 Å². The lowest BCUT2D eigenvalue weighted by Gasteiger charge is -2.07. The predicted molar refractivity (Wildman–Crippen MR) is 72.9 cm³/mol. The van der Waals surface area contributed by atoms with E-state index in [0.717, 1.165) is 6.54 Å². The molecule has 1 aromatic heterocycles. The van der Waals surface area contributed by atoms with Crippen molar-refractivity contribution in [3.63, 3.8) is 0 Å². The number of esters is 1. The maximum atomic E-state index is 11.4. The molecule has 5 nitrogen and oxygen atoms in total. The SMILES string of the molecule is COC(=O)c1cncc(NCC2C(C)(C)C2(C)C)n1. The van der Waals surface area contributed by atoms with Crippen LogP contribution < -0.4 is 5.32 Å². The van der Waals surface area contributed by atoms with Gasteiger partial charge in [-0.15, -0.1) is 0 Å². The van der Waals surface area contributed by atoms with Crippen molar-refractivity contribution in [1.82, 2.24) is 9.97 Å². The predicted octanol–water partition coefficient (Wildman–Crippen LogP) is 2.36. The van der Waals surface area contributed by atoms with Crippen molar-refractivity contribution in [2.75, 3.05) is 19.0 Å². The van der Waals surface area contributed by atoms with Crippen LogP contribution in [0.3, 0.4) is 0 Å². The van der Waals surface area contributed by atoms with Crippen molar-refractivity contribution in [2.45, 2.75) is 27.7 Å². The maximum absolute atomic E-state index is 11.4. The first kappa shape index (κ1) is 13.8. The number of carbonyl (C=O) groups is 1. The Hall–Kier alpha value is -1.65. The van der Waals surface area contributed by atoms with Gasteiger partial charge in [0, 0.05) is 6.54 Å². The highest BCUT2D eigenvalue weighted by Gasteiger charge is 2.64. The smallest absolute Gasteiger partial charge is 0.358 e. The summed E-state index contributed by atoms with van der Waals surface area (Å²) < 4.78 is 4.63. The van der Waals surface area contributed by atoms with Crippen LogP contribution in [-0.4, -0.2) is 29.6 Å². The van der Waals surface area contributed by atoms with Gasteiger partial charge in [0.15, 0.2) is 5.69 Å². The van der Waals surface area contributed by atoms with E-state index in [1.807, 2.05) is 0 Å².